The third kappa shape index (κ3) is 3.28. The molecular weight excluding hydrogens is 475 g/mol. The van der Waals surface area contributed by atoms with Crippen molar-refractivity contribution < 1.29 is 0 Å². The fourth-order valence-corrected chi connectivity index (χ4v) is 5.90. The molecule has 1 aromatic heterocycles. The van der Waals surface area contributed by atoms with Crippen molar-refractivity contribution in [1.29, 1.82) is 0 Å². The second kappa shape index (κ2) is 5.93. The van der Waals surface area contributed by atoms with Gasteiger partial charge in [0.15, 0.2) is 0 Å². The second-order valence-electron chi connectivity index (χ2n) is 3.31. The minimum atomic E-state index is -0.210. The van der Waals surface area contributed by atoms with Gasteiger partial charge in [0.2, 0.25) is 0 Å². The highest BCUT2D eigenvalue weighted by Crippen LogP contribution is 2.42. The van der Waals surface area contributed by atoms with Gasteiger partial charge in [0.05, 0.1) is 12.9 Å². The molecule has 0 aliphatic heterocycles. The summed E-state index contributed by atoms with van der Waals surface area (Å²) < 4.78 is 3.00. The zero-order valence-corrected chi connectivity index (χ0v) is 15.3. The number of thiophene rings is 1. The molecule has 0 radical (unpaired) electrons. The van der Waals surface area contributed by atoms with Gasteiger partial charge in [-0.1, -0.05) is 33.6 Å². The van der Waals surface area contributed by atoms with Crippen LogP contribution >= 0.6 is 82.3 Å². The molecule has 0 N–H and O–H groups in total. The van der Waals surface area contributed by atoms with Gasteiger partial charge in [-0.2, -0.15) is 0 Å². The summed E-state index contributed by atoms with van der Waals surface area (Å²) in [4.78, 5) is 0. The van der Waals surface area contributed by atoms with Crippen LogP contribution in [0, 0.1) is 0 Å². The Kier molecular flexibility index (Phi) is 5.01. The van der Waals surface area contributed by atoms with E-state index in [0.29, 0.717) is 5.02 Å². The van der Waals surface area contributed by atoms with Crippen LogP contribution in [0.4, 0.5) is 0 Å². The molecule has 6 heteroatoms. The van der Waals surface area contributed by atoms with Crippen molar-refractivity contribution in [2.24, 2.45) is 0 Å². The number of benzene rings is 1. The summed E-state index contributed by atoms with van der Waals surface area (Å²) in [5, 5.41) is 0.480. The van der Waals surface area contributed by atoms with Gasteiger partial charge in [0.25, 0.3) is 0 Å². The maximum absolute atomic E-state index is 6.49. The molecule has 2 aromatic rings. The van der Waals surface area contributed by atoms with E-state index in [1.807, 2.05) is 24.3 Å². The van der Waals surface area contributed by atoms with Crippen LogP contribution in [0.3, 0.4) is 0 Å². The standard InChI is InChI=1S/C11H5Br3Cl2S/c12-8-3-5(15)1-2-6(8)10(16)7-4-9(13)17-11(7)14/h1-4,10H. The molecule has 0 nitrogen and oxygen atoms in total. The Morgan fingerprint density at radius 3 is 2.29 bits per heavy atom. The Morgan fingerprint density at radius 2 is 1.76 bits per heavy atom. The van der Waals surface area contributed by atoms with Gasteiger partial charge in [0.1, 0.15) is 0 Å². The quantitative estimate of drug-likeness (QED) is 0.406. The van der Waals surface area contributed by atoms with Crippen molar-refractivity contribution in [1.82, 2.24) is 0 Å². The van der Waals surface area contributed by atoms with Crippen LogP contribution in [-0.2, 0) is 0 Å². The van der Waals surface area contributed by atoms with Crippen molar-refractivity contribution in [3.63, 3.8) is 0 Å². The van der Waals surface area contributed by atoms with Gasteiger partial charge in [0, 0.05) is 15.1 Å². The molecule has 90 valence electrons. The first-order valence-electron chi connectivity index (χ1n) is 4.53. The summed E-state index contributed by atoms with van der Waals surface area (Å²) in [5.74, 6) is 0. The van der Waals surface area contributed by atoms with Crippen molar-refractivity contribution in [3.05, 3.63) is 52.5 Å². The average Bonchev–Trinajstić information content (AvgIpc) is 2.57. The fourth-order valence-electron chi connectivity index (χ4n) is 1.40. The van der Waals surface area contributed by atoms with Gasteiger partial charge in [-0.05, 0) is 55.6 Å². The lowest BCUT2D eigenvalue weighted by molar-refractivity contribution is 1.13. The maximum Gasteiger partial charge on any atom is 0.0865 e. The molecule has 0 saturated heterocycles. The second-order valence-corrected chi connectivity index (χ2v) is 8.78. The predicted molar refractivity (Wildman–Crippen MR) is 86.6 cm³/mol. The third-order valence-corrected chi connectivity index (χ3v) is 5.97. The first-order valence-corrected chi connectivity index (χ1v) is 8.54. The molecule has 0 fully saturated rings. The summed E-state index contributed by atoms with van der Waals surface area (Å²) in [6, 6.07) is 7.64. The fraction of sp³-hybridized carbons (Fsp3) is 0.0909. The smallest absolute Gasteiger partial charge is 0.0865 e. The highest BCUT2D eigenvalue weighted by molar-refractivity contribution is 9.12. The summed E-state index contributed by atoms with van der Waals surface area (Å²) in [5.41, 5.74) is 2.05. The van der Waals surface area contributed by atoms with Crippen LogP contribution in [0.5, 0.6) is 0 Å². The van der Waals surface area contributed by atoms with E-state index in [2.05, 4.69) is 47.8 Å². The van der Waals surface area contributed by atoms with E-state index < -0.39 is 0 Å². The predicted octanol–water partition coefficient (Wildman–Crippen LogP) is 7.02. The van der Waals surface area contributed by atoms with E-state index in [4.69, 9.17) is 23.2 Å². The number of halogens is 5. The summed E-state index contributed by atoms with van der Waals surface area (Å²) >= 11 is 24.5. The molecule has 0 aliphatic rings. The zero-order valence-electron chi connectivity index (χ0n) is 8.18. The molecule has 0 saturated carbocycles. The Labute approximate surface area is 139 Å². The highest BCUT2D eigenvalue weighted by atomic mass is 79.9. The van der Waals surface area contributed by atoms with E-state index in [0.717, 1.165) is 23.2 Å². The Bertz CT molecular complexity index is 554. The molecule has 1 heterocycles. The molecule has 0 bridgehead atoms. The monoisotopic (exact) mass is 476 g/mol. The number of alkyl halides is 1. The Hall–Kier alpha value is 0.940. The van der Waals surface area contributed by atoms with E-state index in [1.165, 1.54) is 0 Å². The van der Waals surface area contributed by atoms with Crippen molar-refractivity contribution in [3.8, 4) is 0 Å². The van der Waals surface area contributed by atoms with Crippen LogP contribution in [-0.4, -0.2) is 0 Å². The summed E-state index contributed by atoms with van der Waals surface area (Å²) in [6.45, 7) is 0. The van der Waals surface area contributed by atoms with Crippen molar-refractivity contribution in [2.45, 2.75) is 5.38 Å². The van der Waals surface area contributed by atoms with Gasteiger partial charge in [-0.15, -0.1) is 22.9 Å². The van der Waals surface area contributed by atoms with E-state index in [9.17, 15) is 0 Å². The van der Waals surface area contributed by atoms with Crippen molar-refractivity contribution >= 4 is 82.3 Å². The largest absolute Gasteiger partial charge is 0.121 e. The van der Waals surface area contributed by atoms with Crippen LogP contribution in [0.1, 0.15) is 16.5 Å². The summed E-state index contributed by atoms with van der Waals surface area (Å²) in [7, 11) is 0. The molecular formula is C11H5Br3Cl2S. The number of hydrogen-bond acceptors (Lipinski definition) is 1. The molecule has 1 aromatic carbocycles. The van der Waals surface area contributed by atoms with Gasteiger partial charge in [-0.25, -0.2) is 0 Å². The molecule has 2 rings (SSSR count). The highest BCUT2D eigenvalue weighted by Gasteiger charge is 2.19. The van der Waals surface area contributed by atoms with E-state index in [1.54, 1.807) is 11.3 Å². The Balaban J connectivity index is 2.43. The van der Waals surface area contributed by atoms with E-state index >= 15 is 0 Å². The van der Waals surface area contributed by atoms with Crippen LogP contribution in [0.15, 0.2) is 36.3 Å². The lowest BCUT2D eigenvalue weighted by atomic mass is 10.1. The number of hydrogen-bond donors (Lipinski definition) is 0. The summed E-state index contributed by atoms with van der Waals surface area (Å²) in [6.07, 6.45) is 0. The van der Waals surface area contributed by atoms with Crippen LogP contribution in [0.2, 0.25) is 5.02 Å². The topological polar surface area (TPSA) is 0 Å². The first-order chi connectivity index (χ1) is 7.99. The van der Waals surface area contributed by atoms with Gasteiger partial charge < -0.3 is 0 Å². The third-order valence-electron chi connectivity index (χ3n) is 2.19. The molecule has 0 amide bonds. The number of rotatable bonds is 2. The molecule has 0 spiro atoms. The molecule has 1 atom stereocenters. The average molecular weight is 480 g/mol. The van der Waals surface area contributed by atoms with Crippen molar-refractivity contribution in [2.75, 3.05) is 0 Å². The normalized spacial score (nSPS) is 12.8. The van der Waals surface area contributed by atoms with Crippen LogP contribution in [0.25, 0.3) is 0 Å². The van der Waals surface area contributed by atoms with Gasteiger partial charge in [-0.3, -0.25) is 0 Å². The zero-order chi connectivity index (χ0) is 12.6. The lowest BCUT2D eigenvalue weighted by Gasteiger charge is -2.11. The first kappa shape index (κ1) is 14.4. The maximum atomic E-state index is 6.49. The SMILES string of the molecule is Clc1ccc(C(Cl)c2cc(Br)sc2Br)c(Br)c1. The van der Waals surface area contributed by atoms with Gasteiger partial charge >= 0.3 is 0 Å². The molecule has 1 unspecified atom stereocenters. The lowest BCUT2D eigenvalue weighted by Crippen LogP contribution is -1.93. The minimum Gasteiger partial charge on any atom is -0.121 e. The Morgan fingerprint density at radius 1 is 1.06 bits per heavy atom. The van der Waals surface area contributed by atoms with Crippen LogP contribution < -0.4 is 0 Å². The minimum absolute atomic E-state index is 0.210. The van der Waals surface area contributed by atoms with E-state index in [-0.39, 0.29) is 5.38 Å². The molecule has 0 aliphatic carbocycles. The molecule has 17 heavy (non-hydrogen) atoms.